The van der Waals surface area contributed by atoms with Gasteiger partial charge in [0.2, 0.25) is 0 Å². The fraction of sp³-hybridized carbons (Fsp3) is 0.0588. The van der Waals surface area contributed by atoms with Crippen molar-refractivity contribution in [2.75, 3.05) is 7.05 Å². The zero-order valence-corrected chi connectivity index (χ0v) is 12.2. The first-order chi connectivity index (χ1) is 10.2. The van der Waals surface area contributed by atoms with Crippen LogP contribution in [0.4, 0.5) is 0 Å². The van der Waals surface area contributed by atoms with Crippen molar-refractivity contribution in [2.24, 2.45) is 0 Å². The van der Waals surface area contributed by atoms with Gasteiger partial charge in [0.05, 0.1) is 16.1 Å². The van der Waals surface area contributed by atoms with E-state index in [-0.39, 0.29) is 5.91 Å². The first-order valence-electron chi connectivity index (χ1n) is 6.56. The van der Waals surface area contributed by atoms with Gasteiger partial charge in [-0.05, 0) is 41.5 Å². The maximum atomic E-state index is 11.8. The molecule has 3 nitrogen and oxygen atoms in total. The van der Waals surface area contributed by atoms with Crippen molar-refractivity contribution in [3.8, 4) is 11.1 Å². The Kier molecular flexibility index (Phi) is 3.59. The Morgan fingerprint density at radius 1 is 1.10 bits per heavy atom. The number of carbonyl (C=O) groups excluding carboxylic acids is 1. The molecule has 1 amide bonds. The number of aromatic nitrogens is 1. The monoisotopic (exact) mass is 296 g/mol. The van der Waals surface area contributed by atoms with Crippen LogP contribution in [0.5, 0.6) is 0 Å². The molecule has 0 bridgehead atoms. The molecule has 104 valence electrons. The smallest absolute Gasteiger partial charge is 0.252 e. The molecule has 3 rings (SSSR count). The van der Waals surface area contributed by atoms with Gasteiger partial charge in [0.25, 0.3) is 5.91 Å². The molecule has 0 aliphatic heterocycles. The van der Waals surface area contributed by atoms with Crippen molar-refractivity contribution >= 4 is 28.4 Å². The second-order valence-electron chi connectivity index (χ2n) is 4.68. The molecule has 1 N–H and O–H groups in total. The number of hydrogen-bond acceptors (Lipinski definition) is 2. The molecular formula is C17H13ClN2O. The number of benzene rings is 2. The summed E-state index contributed by atoms with van der Waals surface area (Å²) in [5.74, 6) is -0.190. The normalized spacial score (nSPS) is 10.6. The van der Waals surface area contributed by atoms with Crippen LogP contribution in [0.1, 0.15) is 10.4 Å². The fourth-order valence-corrected chi connectivity index (χ4v) is 2.47. The maximum absolute atomic E-state index is 11.8. The minimum absolute atomic E-state index is 0.190. The molecule has 3 aromatic rings. The van der Waals surface area contributed by atoms with Crippen LogP contribution in [0.2, 0.25) is 5.02 Å². The Morgan fingerprint density at radius 2 is 1.86 bits per heavy atom. The number of nitrogens with zero attached hydrogens (tertiary/aromatic N) is 1. The van der Waals surface area contributed by atoms with Gasteiger partial charge in [-0.1, -0.05) is 29.8 Å². The lowest BCUT2D eigenvalue weighted by molar-refractivity contribution is 0.0963. The third-order valence-electron chi connectivity index (χ3n) is 3.37. The van der Waals surface area contributed by atoms with Crippen molar-refractivity contribution in [2.45, 2.75) is 0 Å². The molecule has 0 fully saturated rings. The van der Waals surface area contributed by atoms with Crippen molar-refractivity contribution in [3.05, 3.63) is 65.3 Å². The molecule has 0 aliphatic rings. The van der Waals surface area contributed by atoms with Gasteiger partial charge in [0.15, 0.2) is 0 Å². The Balaban J connectivity index is 2.12. The molecule has 0 unspecified atom stereocenters. The van der Waals surface area contributed by atoms with E-state index in [0.717, 1.165) is 22.0 Å². The van der Waals surface area contributed by atoms with Crippen LogP contribution < -0.4 is 5.32 Å². The second kappa shape index (κ2) is 5.54. The zero-order chi connectivity index (χ0) is 14.8. The number of fused-ring (bicyclic) bond motifs is 1. The molecule has 21 heavy (non-hydrogen) atoms. The number of nitrogens with one attached hydrogen (secondary N) is 1. The Labute approximate surface area is 127 Å². The highest BCUT2D eigenvalue weighted by molar-refractivity contribution is 6.34. The van der Waals surface area contributed by atoms with Gasteiger partial charge in [-0.2, -0.15) is 0 Å². The average molecular weight is 297 g/mol. The third-order valence-corrected chi connectivity index (χ3v) is 3.70. The first-order valence-corrected chi connectivity index (χ1v) is 6.93. The zero-order valence-electron chi connectivity index (χ0n) is 11.4. The molecule has 1 aromatic heterocycles. The maximum Gasteiger partial charge on any atom is 0.252 e. The highest BCUT2D eigenvalue weighted by Crippen LogP contribution is 2.27. The quantitative estimate of drug-likeness (QED) is 0.779. The number of carbonyl (C=O) groups is 1. The van der Waals surface area contributed by atoms with Crippen molar-refractivity contribution in [1.82, 2.24) is 10.3 Å². The average Bonchev–Trinajstić information content (AvgIpc) is 2.54. The lowest BCUT2D eigenvalue weighted by atomic mass is 10.0. The number of pyridine rings is 1. The predicted octanol–water partition coefficient (Wildman–Crippen LogP) is 3.91. The van der Waals surface area contributed by atoms with E-state index < -0.39 is 0 Å². The molecule has 0 atom stereocenters. The van der Waals surface area contributed by atoms with Crippen LogP contribution in [-0.2, 0) is 0 Å². The van der Waals surface area contributed by atoms with Crippen LogP contribution in [-0.4, -0.2) is 17.9 Å². The van der Waals surface area contributed by atoms with Crippen LogP contribution in [0.25, 0.3) is 22.0 Å². The molecular weight excluding hydrogens is 284 g/mol. The van der Waals surface area contributed by atoms with Crippen LogP contribution in [0, 0.1) is 0 Å². The summed E-state index contributed by atoms with van der Waals surface area (Å²) in [6, 6.07) is 15.4. The topological polar surface area (TPSA) is 42.0 Å². The van der Waals surface area contributed by atoms with Crippen LogP contribution >= 0.6 is 11.6 Å². The van der Waals surface area contributed by atoms with Crippen molar-refractivity contribution in [1.29, 1.82) is 0 Å². The highest BCUT2D eigenvalue weighted by Gasteiger charge is 2.10. The predicted molar refractivity (Wildman–Crippen MR) is 85.6 cm³/mol. The summed E-state index contributed by atoms with van der Waals surface area (Å²) in [6.07, 6.45) is 1.77. The fourth-order valence-electron chi connectivity index (χ4n) is 2.27. The lowest BCUT2D eigenvalue weighted by Gasteiger charge is -2.08. The van der Waals surface area contributed by atoms with E-state index in [2.05, 4.69) is 16.4 Å². The van der Waals surface area contributed by atoms with Gasteiger partial charge >= 0.3 is 0 Å². The third kappa shape index (κ3) is 2.60. The Morgan fingerprint density at radius 3 is 2.67 bits per heavy atom. The van der Waals surface area contributed by atoms with Gasteiger partial charge in [-0.25, -0.2) is 0 Å². The number of rotatable bonds is 2. The van der Waals surface area contributed by atoms with Gasteiger partial charge in [-0.15, -0.1) is 0 Å². The first kappa shape index (κ1) is 13.6. The minimum Gasteiger partial charge on any atom is -0.355 e. The van der Waals surface area contributed by atoms with E-state index in [1.54, 1.807) is 25.4 Å². The highest BCUT2D eigenvalue weighted by atomic mass is 35.5. The van der Waals surface area contributed by atoms with Crippen molar-refractivity contribution in [3.63, 3.8) is 0 Å². The van der Waals surface area contributed by atoms with E-state index >= 15 is 0 Å². The Bertz CT molecular complexity index is 830. The summed E-state index contributed by atoms with van der Waals surface area (Å²) in [6.45, 7) is 0. The van der Waals surface area contributed by atoms with E-state index in [4.69, 9.17) is 11.6 Å². The van der Waals surface area contributed by atoms with Crippen LogP contribution in [0.3, 0.4) is 0 Å². The summed E-state index contributed by atoms with van der Waals surface area (Å²) in [5, 5.41) is 4.10. The van der Waals surface area contributed by atoms with Gasteiger partial charge in [0, 0.05) is 18.6 Å². The van der Waals surface area contributed by atoms with E-state index in [9.17, 15) is 4.79 Å². The van der Waals surface area contributed by atoms with Crippen molar-refractivity contribution < 1.29 is 4.79 Å². The van der Waals surface area contributed by atoms with Gasteiger partial charge < -0.3 is 5.32 Å². The molecule has 4 heteroatoms. The number of hydrogen-bond donors (Lipinski definition) is 1. The molecule has 2 aromatic carbocycles. The molecule has 0 saturated carbocycles. The number of halogens is 1. The number of amides is 1. The van der Waals surface area contributed by atoms with E-state index in [1.165, 1.54) is 0 Å². The summed E-state index contributed by atoms with van der Waals surface area (Å²) >= 11 is 6.08. The summed E-state index contributed by atoms with van der Waals surface area (Å²) in [5.41, 5.74) is 3.39. The SMILES string of the molecule is CNC(=O)c1cc(-c2ccc3ncccc3c2)ccc1Cl. The molecule has 0 spiro atoms. The molecule has 0 radical (unpaired) electrons. The summed E-state index contributed by atoms with van der Waals surface area (Å²) in [7, 11) is 1.59. The minimum atomic E-state index is -0.190. The van der Waals surface area contributed by atoms with E-state index in [0.29, 0.717) is 10.6 Å². The molecule has 0 aliphatic carbocycles. The largest absolute Gasteiger partial charge is 0.355 e. The van der Waals surface area contributed by atoms with Gasteiger partial charge in [-0.3, -0.25) is 9.78 Å². The summed E-state index contributed by atoms with van der Waals surface area (Å²) in [4.78, 5) is 16.1. The lowest BCUT2D eigenvalue weighted by Crippen LogP contribution is -2.18. The molecule has 1 heterocycles. The summed E-state index contributed by atoms with van der Waals surface area (Å²) < 4.78 is 0. The Hall–Kier alpha value is -2.39. The second-order valence-corrected chi connectivity index (χ2v) is 5.09. The molecule has 0 saturated heterocycles. The van der Waals surface area contributed by atoms with Gasteiger partial charge in [0.1, 0.15) is 0 Å². The standard InChI is InChI=1S/C17H13ClN2O/c1-19-17(21)14-10-12(4-6-15(14)18)11-5-7-16-13(9-11)3-2-8-20-16/h2-10H,1H3,(H,19,21). The van der Waals surface area contributed by atoms with Crippen LogP contribution in [0.15, 0.2) is 54.7 Å². The van der Waals surface area contributed by atoms with E-state index in [1.807, 2.05) is 30.3 Å².